The average Bonchev–Trinajstić information content (AvgIpc) is 2.62. The number of ether oxygens (including phenoxy) is 1. The normalized spacial score (nSPS) is 12.2. The van der Waals surface area contributed by atoms with Crippen molar-refractivity contribution < 1.29 is 14.3 Å². The SMILES string of the molecule is CCC(N)=O.O=C1OCc2ccccc21. The molecule has 0 bridgehead atoms. The summed E-state index contributed by atoms with van der Waals surface area (Å²) < 4.78 is 4.78. The van der Waals surface area contributed by atoms with E-state index < -0.39 is 0 Å². The van der Waals surface area contributed by atoms with Gasteiger partial charge in [0.1, 0.15) is 6.61 Å². The Bertz CT molecular complexity index is 374. The lowest BCUT2D eigenvalue weighted by atomic mass is 10.1. The molecule has 0 spiro atoms. The minimum absolute atomic E-state index is 0.199. The molecule has 0 atom stereocenters. The molecule has 4 heteroatoms. The predicted molar refractivity (Wildman–Crippen MR) is 55.0 cm³/mol. The van der Waals surface area contributed by atoms with Crippen LogP contribution in [0.1, 0.15) is 29.3 Å². The van der Waals surface area contributed by atoms with E-state index in [1.54, 1.807) is 13.0 Å². The number of hydrogen-bond acceptors (Lipinski definition) is 3. The maximum atomic E-state index is 10.8. The fourth-order valence-corrected chi connectivity index (χ4v) is 1.07. The third-order valence-electron chi connectivity index (χ3n) is 1.94. The molecule has 1 aliphatic heterocycles. The third-order valence-corrected chi connectivity index (χ3v) is 1.94. The fourth-order valence-electron chi connectivity index (χ4n) is 1.07. The quantitative estimate of drug-likeness (QED) is 0.704. The summed E-state index contributed by atoms with van der Waals surface area (Å²) in [7, 11) is 0. The number of fused-ring (bicyclic) bond motifs is 1. The lowest BCUT2D eigenvalue weighted by molar-refractivity contribution is -0.117. The van der Waals surface area contributed by atoms with Crippen LogP contribution >= 0.6 is 0 Å². The van der Waals surface area contributed by atoms with Gasteiger partial charge < -0.3 is 10.5 Å². The minimum Gasteiger partial charge on any atom is -0.457 e. The van der Waals surface area contributed by atoms with E-state index in [4.69, 9.17) is 4.74 Å². The molecular weight excluding hydrogens is 194 g/mol. The summed E-state index contributed by atoms with van der Waals surface area (Å²) in [6.07, 6.45) is 0.444. The second kappa shape index (κ2) is 5.14. The average molecular weight is 207 g/mol. The first-order chi connectivity index (χ1) is 7.15. The summed E-state index contributed by atoms with van der Waals surface area (Å²) in [5, 5.41) is 0. The van der Waals surface area contributed by atoms with Gasteiger partial charge in [-0.15, -0.1) is 0 Å². The Hall–Kier alpha value is -1.84. The van der Waals surface area contributed by atoms with Crippen LogP contribution in [0.25, 0.3) is 0 Å². The highest BCUT2D eigenvalue weighted by Crippen LogP contribution is 2.17. The van der Waals surface area contributed by atoms with E-state index in [9.17, 15) is 9.59 Å². The van der Waals surface area contributed by atoms with Crippen LogP contribution in [0, 0.1) is 0 Å². The maximum absolute atomic E-state index is 10.8. The van der Waals surface area contributed by atoms with Crippen LogP contribution < -0.4 is 5.73 Å². The zero-order valence-corrected chi connectivity index (χ0v) is 8.53. The first-order valence-electron chi connectivity index (χ1n) is 4.68. The molecule has 1 aromatic rings. The molecule has 0 radical (unpaired) electrons. The molecule has 0 aromatic heterocycles. The molecule has 4 nitrogen and oxygen atoms in total. The third kappa shape index (κ3) is 3.09. The Kier molecular flexibility index (Phi) is 3.85. The zero-order valence-electron chi connectivity index (χ0n) is 8.53. The van der Waals surface area contributed by atoms with Crippen molar-refractivity contribution in [2.45, 2.75) is 20.0 Å². The topological polar surface area (TPSA) is 69.4 Å². The summed E-state index contributed by atoms with van der Waals surface area (Å²) in [5.41, 5.74) is 6.36. The van der Waals surface area contributed by atoms with Crippen molar-refractivity contribution in [2.24, 2.45) is 5.73 Å². The van der Waals surface area contributed by atoms with Gasteiger partial charge in [0.2, 0.25) is 5.91 Å². The van der Waals surface area contributed by atoms with Crippen LogP contribution in [0.3, 0.4) is 0 Å². The fraction of sp³-hybridized carbons (Fsp3) is 0.273. The van der Waals surface area contributed by atoms with Gasteiger partial charge in [-0.1, -0.05) is 25.1 Å². The highest BCUT2D eigenvalue weighted by Gasteiger charge is 2.18. The van der Waals surface area contributed by atoms with E-state index in [0.717, 1.165) is 5.56 Å². The lowest BCUT2D eigenvalue weighted by Crippen LogP contribution is -2.06. The van der Waals surface area contributed by atoms with Crippen LogP contribution in [0.5, 0.6) is 0 Å². The number of nitrogens with two attached hydrogens (primary N) is 1. The molecule has 0 saturated carbocycles. The van der Waals surface area contributed by atoms with E-state index in [-0.39, 0.29) is 11.9 Å². The van der Waals surface area contributed by atoms with E-state index in [2.05, 4.69) is 5.73 Å². The van der Waals surface area contributed by atoms with Gasteiger partial charge in [-0.05, 0) is 6.07 Å². The number of amides is 1. The number of rotatable bonds is 1. The van der Waals surface area contributed by atoms with Gasteiger partial charge in [-0.3, -0.25) is 4.79 Å². The van der Waals surface area contributed by atoms with Gasteiger partial charge in [0.25, 0.3) is 0 Å². The Morgan fingerprint density at radius 2 is 2.07 bits per heavy atom. The maximum Gasteiger partial charge on any atom is 0.338 e. The molecule has 1 aliphatic rings. The molecule has 0 saturated heterocycles. The largest absolute Gasteiger partial charge is 0.457 e. The first-order valence-corrected chi connectivity index (χ1v) is 4.68. The van der Waals surface area contributed by atoms with Crippen molar-refractivity contribution in [2.75, 3.05) is 0 Å². The van der Waals surface area contributed by atoms with E-state index in [1.807, 2.05) is 18.2 Å². The number of carbonyl (C=O) groups is 2. The Labute approximate surface area is 88.0 Å². The number of hydrogen-bond donors (Lipinski definition) is 1. The first kappa shape index (κ1) is 11.2. The van der Waals surface area contributed by atoms with E-state index in [0.29, 0.717) is 18.6 Å². The standard InChI is InChI=1S/C8H6O2.C3H7NO/c9-8-7-4-2-1-3-6(7)5-10-8;1-2-3(4)5/h1-4H,5H2;2H2,1H3,(H2,4,5). The Morgan fingerprint density at radius 1 is 1.47 bits per heavy atom. The molecule has 80 valence electrons. The molecule has 0 unspecified atom stereocenters. The van der Waals surface area contributed by atoms with Crippen LogP contribution in [0.4, 0.5) is 0 Å². The van der Waals surface area contributed by atoms with E-state index >= 15 is 0 Å². The number of cyclic esters (lactones) is 1. The summed E-state index contributed by atoms with van der Waals surface area (Å²) in [6, 6.07) is 7.43. The van der Waals surface area contributed by atoms with Crippen molar-refractivity contribution in [1.82, 2.24) is 0 Å². The van der Waals surface area contributed by atoms with Crippen LogP contribution in [-0.4, -0.2) is 11.9 Å². The van der Waals surface area contributed by atoms with Crippen LogP contribution in [0.2, 0.25) is 0 Å². The van der Waals surface area contributed by atoms with Crippen LogP contribution in [0.15, 0.2) is 24.3 Å². The second-order valence-corrected chi connectivity index (χ2v) is 3.05. The molecule has 0 fully saturated rings. The predicted octanol–water partition coefficient (Wildman–Crippen LogP) is 1.24. The monoisotopic (exact) mass is 207 g/mol. The zero-order chi connectivity index (χ0) is 11.3. The van der Waals surface area contributed by atoms with Gasteiger partial charge in [0, 0.05) is 12.0 Å². The molecule has 2 rings (SSSR count). The number of primary amides is 1. The number of carbonyl (C=O) groups excluding carboxylic acids is 2. The molecule has 1 heterocycles. The smallest absolute Gasteiger partial charge is 0.338 e. The van der Waals surface area contributed by atoms with Crippen LogP contribution in [-0.2, 0) is 16.1 Å². The van der Waals surface area contributed by atoms with Gasteiger partial charge in [0.05, 0.1) is 5.56 Å². The molecule has 2 N–H and O–H groups in total. The van der Waals surface area contributed by atoms with Gasteiger partial charge >= 0.3 is 5.97 Å². The Morgan fingerprint density at radius 3 is 2.60 bits per heavy atom. The molecule has 0 aliphatic carbocycles. The van der Waals surface area contributed by atoms with Crippen molar-refractivity contribution in [3.8, 4) is 0 Å². The van der Waals surface area contributed by atoms with Crippen molar-refractivity contribution in [3.05, 3.63) is 35.4 Å². The van der Waals surface area contributed by atoms with Gasteiger partial charge in [0.15, 0.2) is 0 Å². The van der Waals surface area contributed by atoms with Crippen molar-refractivity contribution in [1.29, 1.82) is 0 Å². The molecule has 1 amide bonds. The van der Waals surface area contributed by atoms with Crippen molar-refractivity contribution >= 4 is 11.9 Å². The van der Waals surface area contributed by atoms with Gasteiger partial charge in [-0.25, -0.2) is 4.79 Å². The van der Waals surface area contributed by atoms with Gasteiger partial charge in [-0.2, -0.15) is 0 Å². The summed E-state index contributed by atoms with van der Waals surface area (Å²) >= 11 is 0. The molecule has 15 heavy (non-hydrogen) atoms. The molecule has 1 aromatic carbocycles. The summed E-state index contributed by atoms with van der Waals surface area (Å²) in [5.74, 6) is -0.444. The van der Waals surface area contributed by atoms with Crippen molar-refractivity contribution in [3.63, 3.8) is 0 Å². The summed E-state index contributed by atoms with van der Waals surface area (Å²) in [4.78, 5) is 20.4. The second-order valence-electron chi connectivity index (χ2n) is 3.05. The van der Waals surface area contributed by atoms with E-state index in [1.165, 1.54) is 0 Å². The highest BCUT2D eigenvalue weighted by atomic mass is 16.5. The molecular formula is C11H13NO3. The summed E-state index contributed by atoms with van der Waals surface area (Å²) in [6.45, 7) is 2.16. The lowest BCUT2D eigenvalue weighted by Gasteiger charge is -1.87. The Balaban J connectivity index is 0.000000195. The minimum atomic E-state index is -0.245. The highest BCUT2D eigenvalue weighted by molar-refractivity contribution is 5.93. The number of benzene rings is 1. The number of esters is 1.